The predicted molar refractivity (Wildman–Crippen MR) is 56.2 cm³/mol. The third-order valence-corrected chi connectivity index (χ3v) is 1.65. The molecule has 4 heteroatoms. The van der Waals surface area contributed by atoms with Gasteiger partial charge in [0, 0.05) is 13.0 Å². The molecule has 0 fully saturated rings. The van der Waals surface area contributed by atoms with Gasteiger partial charge in [0.05, 0.1) is 13.2 Å². The fraction of sp³-hybridized carbons (Fsp3) is 0.636. The van der Waals surface area contributed by atoms with Gasteiger partial charge in [0.15, 0.2) is 0 Å². The Hall–Kier alpha value is -1.32. The van der Waals surface area contributed by atoms with Crippen LogP contribution in [0.5, 0.6) is 0 Å². The largest absolute Gasteiger partial charge is 0.466 e. The first-order chi connectivity index (χ1) is 7.06. The van der Waals surface area contributed by atoms with Crippen molar-refractivity contribution >= 4 is 11.9 Å². The van der Waals surface area contributed by atoms with Gasteiger partial charge in [-0.2, -0.15) is 0 Å². The average Bonchev–Trinajstić information content (AvgIpc) is 2.15. The molecule has 1 unspecified atom stereocenters. The molecular formula is C11H18O4. The van der Waals surface area contributed by atoms with Crippen molar-refractivity contribution in [3.63, 3.8) is 0 Å². The zero-order valence-corrected chi connectivity index (χ0v) is 9.49. The molecule has 0 aromatic heterocycles. The Morgan fingerprint density at radius 1 is 1.33 bits per heavy atom. The van der Waals surface area contributed by atoms with Crippen molar-refractivity contribution in [3.8, 4) is 0 Å². The summed E-state index contributed by atoms with van der Waals surface area (Å²) in [5.41, 5.74) is 0. The molecule has 0 heterocycles. The first-order valence-electron chi connectivity index (χ1n) is 5.03. The highest BCUT2D eigenvalue weighted by atomic mass is 16.5. The monoisotopic (exact) mass is 214 g/mol. The molecule has 0 radical (unpaired) electrons. The highest BCUT2D eigenvalue weighted by Gasteiger charge is 2.02. The van der Waals surface area contributed by atoms with E-state index in [0.717, 1.165) is 0 Å². The Balaban J connectivity index is 3.65. The van der Waals surface area contributed by atoms with Crippen LogP contribution in [0.2, 0.25) is 0 Å². The Bertz CT molecular complexity index is 233. The van der Waals surface area contributed by atoms with E-state index >= 15 is 0 Å². The number of rotatable bonds is 6. The lowest BCUT2D eigenvalue weighted by Crippen LogP contribution is -2.08. The molecule has 0 aromatic carbocycles. The Morgan fingerprint density at radius 2 is 2.00 bits per heavy atom. The maximum absolute atomic E-state index is 10.9. The minimum absolute atomic E-state index is 0.208. The maximum Gasteiger partial charge on any atom is 0.330 e. The van der Waals surface area contributed by atoms with Crippen LogP contribution in [0, 0.1) is 5.92 Å². The molecule has 0 spiro atoms. The molecule has 4 nitrogen and oxygen atoms in total. The highest BCUT2D eigenvalue weighted by Crippen LogP contribution is 2.03. The number of hydrogen-bond donors (Lipinski definition) is 0. The lowest BCUT2D eigenvalue weighted by Gasteiger charge is -2.07. The van der Waals surface area contributed by atoms with E-state index in [1.54, 1.807) is 13.0 Å². The Morgan fingerprint density at radius 3 is 2.53 bits per heavy atom. The summed E-state index contributed by atoms with van der Waals surface area (Å²) >= 11 is 0. The number of hydrogen-bond acceptors (Lipinski definition) is 4. The van der Waals surface area contributed by atoms with Crippen LogP contribution in [-0.2, 0) is 19.1 Å². The number of ether oxygens (including phenoxy) is 2. The van der Waals surface area contributed by atoms with Crippen LogP contribution in [0.4, 0.5) is 0 Å². The first kappa shape index (κ1) is 13.7. The zero-order chi connectivity index (χ0) is 11.7. The van der Waals surface area contributed by atoms with E-state index in [4.69, 9.17) is 9.47 Å². The van der Waals surface area contributed by atoms with E-state index < -0.39 is 0 Å². The van der Waals surface area contributed by atoms with Gasteiger partial charge in [-0.1, -0.05) is 13.0 Å². The van der Waals surface area contributed by atoms with Crippen molar-refractivity contribution in [1.82, 2.24) is 0 Å². The summed E-state index contributed by atoms with van der Waals surface area (Å²) in [6.07, 6.45) is 3.81. The van der Waals surface area contributed by atoms with E-state index in [1.165, 1.54) is 13.0 Å². The van der Waals surface area contributed by atoms with Gasteiger partial charge in [-0.15, -0.1) is 0 Å². The van der Waals surface area contributed by atoms with Gasteiger partial charge in [-0.25, -0.2) is 4.79 Å². The van der Waals surface area contributed by atoms with Gasteiger partial charge in [0.2, 0.25) is 0 Å². The van der Waals surface area contributed by atoms with E-state index in [1.807, 2.05) is 6.92 Å². The molecule has 0 aromatic rings. The number of carbonyl (C=O) groups is 2. The van der Waals surface area contributed by atoms with Crippen LogP contribution >= 0.6 is 0 Å². The highest BCUT2D eigenvalue weighted by molar-refractivity contribution is 5.81. The first-order valence-corrected chi connectivity index (χ1v) is 5.03. The van der Waals surface area contributed by atoms with Gasteiger partial charge >= 0.3 is 11.9 Å². The lowest BCUT2D eigenvalue weighted by molar-refractivity contribution is -0.142. The van der Waals surface area contributed by atoms with Crippen LogP contribution in [-0.4, -0.2) is 25.2 Å². The second-order valence-electron chi connectivity index (χ2n) is 3.30. The summed E-state index contributed by atoms with van der Waals surface area (Å²) in [5.74, 6) is -0.409. The topological polar surface area (TPSA) is 52.6 Å². The van der Waals surface area contributed by atoms with Crippen molar-refractivity contribution in [3.05, 3.63) is 12.2 Å². The van der Waals surface area contributed by atoms with Gasteiger partial charge in [-0.05, 0) is 19.3 Å². The maximum atomic E-state index is 10.9. The van der Waals surface area contributed by atoms with Crippen molar-refractivity contribution in [2.75, 3.05) is 13.2 Å². The van der Waals surface area contributed by atoms with Gasteiger partial charge in [0.25, 0.3) is 0 Å². The fourth-order valence-electron chi connectivity index (χ4n) is 0.915. The number of allylic oxidation sites excluding steroid dienone is 1. The van der Waals surface area contributed by atoms with Gasteiger partial charge in [-0.3, -0.25) is 4.79 Å². The molecule has 0 rings (SSSR count). The number of esters is 2. The van der Waals surface area contributed by atoms with E-state index in [-0.39, 0.29) is 17.9 Å². The van der Waals surface area contributed by atoms with E-state index in [2.05, 4.69) is 0 Å². The van der Waals surface area contributed by atoms with Crippen LogP contribution in [0.3, 0.4) is 0 Å². The lowest BCUT2D eigenvalue weighted by atomic mass is 10.1. The molecular weight excluding hydrogens is 196 g/mol. The minimum atomic E-state index is -0.336. The molecule has 15 heavy (non-hydrogen) atoms. The summed E-state index contributed by atoms with van der Waals surface area (Å²) < 4.78 is 9.53. The fourth-order valence-corrected chi connectivity index (χ4v) is 0.915. The number of carbonyl (C=O) groups excluding carboxylic acids is 2. The van der Waals surface area contributed by atoms with Crippen molar-refractivity contribution in [2.45, 2.75) is 27.2 Å². The van der Waals surface area contributed by atoms with Gasteiger partial charge in [0.1, 0.15) is 0 Å². The molecule has 0 bridgehead atoms. The molecule has 1 atom stereocenters. The normalized spacial score (nSPS) is 12.5. The summed E-state index contributed by atoms with van der Waals surface area (Å²) in [6, 6.07) is 0. The second-order valence-corrected chi connectivity index (χ2v) is 3.30. The molecule has 0 amide bonds. The van der Waals surface area contributed by atoms with E-state index in [0.29, 0.717) is 19.6 Å². The third-order valence-electron chi connectivity index (χ3n) is 1.65. The van der Waals surface area contributed by atoms with Crippen molar-refractivity contribution in [2.24, 2.45) is 5.92 Å². The van der Waals surface area contributed by atoms with Crippen LogP contribution in [0.1, 0.15) is 27.2 Å². The summed E-state index contributed by atoms with van der Waals surface area (Å²) in [4.78, 5) is 21.4. The Kier molecular flexibility index (Phi) is 7.32. The predicted octanol–water partition coefficient (Wildman–Crippen LogP) is 1.70. The zero-order valence-electron chi connectivity index (χ0n) is 9.49. The summed E-state index contributed by atoms with van der Waals surface area (Å²) in [5, 5.41) is 0. The SMILES string of the molecule is CCOC(=O)C=CCC(C)COC(C)=O. The molecule has 86 valence electrons. The van der Waals surface area contributed by atoms with Crippen LogP contribution < -0.4 is 0 Å². The molecule has 0 saturated carbocycles. The van der Waals surface area contributed by atoms with Crippen molar-refractivity contribution in [1.29, 1.82) is 0 Å². The standard InChI is InChI=1S/C11H18O4/c1-4-14-11(13)7-5-6-9(2)8-15-10(3)12/h5,7,9H,4,6,8H2,1-3H3. The van der Waals surface area contributed by atoms with Gasteiger partial charge < -0.3 is 9.47 Å². The summed E-state index contributed by atoms with van der Waals surface area (Å²) in [6.45, 7) is 5.84. The van der Waals surface area contributed by atoms with E-state index in [9.17, 15) is 9.59 Å². The second kappa shape index (κ2) is 8.03. The van der Waals surface area contributed by atoms with Crippen LogP contribution in [0.25, 0.3) is 0 Å². The summed E-state index contributed by atoms with van der Waals surface area (Å²) in [7, 11) is 0. The molecule has 0 aliphatic heterocycles. The molecule has 0 N–H and O–H groups in total. The van der Waals surface area contributed by atoms with Crippen LogP contribution in [0.15, 0.2) is 12.2 Å². The average molecular weight is 214 g/mol. The quantitative estimate of drug-likeness (QED) is 0.498. The minimum Gasteiger partial charge on any atom is -0.466 e. The molecule has 0 aliphatic carbocycles. The molecule has 0 saturated heterocycles. The smallest absolute Gasteiger partial charge is 0.330 e. The van der Waals surface area contributed by atoms with Crippen molar-refractivity contribution < 1.29 is 19.1 Å². The third kappa shape index (κ3) is 9.00. The Labute approximate surface area is 90.2 Å². The molecule has 0 aliphatic rings.